The molecule has 25 heavy (non-hydrogen) atoms. The van der Waals surface area contributed by atoms with Gasteiger partial charge in [0.05, 0.1) is 25.8 Å². The Kier molecular flexibility index (Phi) is 6.20. The Morgan fingerprint density at radius 1 is 1.16 bits per heavy atom. The second-order valence-electron chi connectivity index (χ2n) is 6.51. The largest absolute Gasteiger partial charge is 0.377 e. The molecule has 2 aromatic rings. The number of hydrogen-bond acceptors (Lipinski definition) is 5. The van der Waals surface area contributed by atoms with E-state index in [1.807, 2.05) is 16.9 Å². The monoisotopic (exact) mass is 345 g/mol. The Labute approximate surface area is 149 Å². The third kappa shape index (κ3) is 4.46. The second kappa shape index (κ2) is 8.58. The van der Waals surface area contributed by atoms with Crippen molar-refractivity contribution in [1.82, 2.24) is 14.7 Å². The molecule has 1 aliphatic rings. The molecular weight excluding hydrogens is 318 g/mol. The molecule has 0 N–H and O–H groups in total. The molecule has 0 radical (unpaired) electrons. The molecular formula is C19H27N3O3. The third-order valence-corrected chi connectivity index (χ3v) is 4.82. The Hall–Kier alpha value is -1.73. The average Bonchev–Trinajstić information content (AvgIpc) is 3.15. The lowest BCUT2D eigenvalue weighted by Crippen LogP contribution is -2.56. The lowest BCUT2D eigenvalue weighted by molar-refractivity contribution is -0.153. The number of hydrogen-bond donors (Lipinski definition) is 0. The third-order valence-electron chi connectivity index (χ3n) is 4.82. The van der Waals surface area contributed by atoms with Crippen LogP contribution in [0.2, 0.25) is 0 Å². The van der Waals surface area contributed by atoms with Crippen LogP contribution in [0.15, 0.2) is 42.7 Å². The zero-order valence-electron chi connectivity index (χ0n) is 15.2. The Morgan fingerprint density at radius 2 is 1.92 bits per heavy atom. The van der Waals surface area contributed by atoms with E-state index < -0.39 is 0 Å². The first-order valence-corrected chi connectivity index (χ1v) is 8.60. The number of methoxy groups -OCH3 is 2. The van der Waals surface area contributed by atoms with Crippen LogP contribution in [-0.2, 0) is 27.3 Å². The Bertz CT molecular complexity index is 630. The number of nitrogens with zero attached hydrogens (tertiary/aromatic N) is 3. The fourth-order valence-corrected chi connectivity index (χ4v) is 3.37. The molecule has 0 bridgehead atoms. The minimum Gasteiger partial charge on any atom is -0.377 e. The number of benzene rings is 1. The van der Waals surface area contributed by atoms with Crippen molar-refractivity contribution in [3.63, 3.8) is 0 Å². The average molecular weight is 345 g/mol. The van der Waals surface area contributed by atoms with Crippen LogP contribution < -0.4 is 0 Å². The van der Waals surface area contributed by atoms with Crippen molar-refractivity contribution in [1.29, 1.82) is 0 Å². The van der Waals surface area contributed by atoms with Gasteiger partial charge < -0.3 is 14.2 Å². The maximum atomic E-state index is 5.70. The first-order chi connectivity index (χ1) is 12.2. The molecule has 136 valence electrons. The van der Waals surface area contributed by atoms with Gasteiger partial charge in [0, 0.05) is 33.2 Å². The van der Waals surface area contributed by atoms with Gasteiger partial charge in [-0.2, -0.15) is 5.10 Å². The van der Waals surface area contributed by atoms with Crippen LogP contribution in [0.25, 0.3) is 0 Å². The Morgan fingerprint density at radius 3 is 2.56 bits per heavy atom. The van der Waals surface area contributed by atoms with E-state index >= 15 is 0 Å². The fourth-order valence-electron chi connectivity index (χ4n) is 3.37. The van der Waals surface area contributed by atoms with E-state index in [1.54, 1.807) is 20.4 Å². The van der Waals surface area contributed by atoms with E-state index in [9.17, 15) is 0 Å². The minimum atomic E-state index is -0.0253. The van der Waals surface area contributed by atoms with Gasteiger partial charge in [-0.15, -0.1) is 0 Å². The van der Waals surface area contributed by atoms with Crippen LogP contribution in [0.4, 0.5) is 0 Å². The van der Waals surface area contributed by atoms with Crippen molar-refractivity contribution < 1.29 is 14.2 Å². The number of rotatable bonds is 7. The number of aromatic nitrogens is 2. The first-order valence-electron chi connectivity index (χ1n) is 8.60. The predicted molar refractivity (Wildman–Crippen MR) is 95.4 cm³/mol. The molecule has 6 nitrogen and oxygen atoms in total. The highest BCUT2D eigenvalue weighted by atomic mass is 16.6. The van der Waals surface area contributed by atoms with E-state index in [4.69, 9.17) is 14.2 Å². The van der Waals surface area contributed by atoms with Gasteiger partial charge in [-0.1, -0.05) is 24.3 Å². The highest BCUT2D eigenvalue weighted by Gasteiger charge is 2.36. The van der Waals surface area contributed by atoms with E-state index in [0.717, 1.165) is 13.1 Å². The number of ether oxygens (including phenoxy) is 3. The molecule has 0 spiro atoms. The summed E-state index contributed by atoms with van der Waals surface area (Å²) < 4.78 is 18.8. The van der Waals surface area contributed by atoms with Gasteiger partial charge >= 0.3 is 0 Å². The maximum absolute atomic E-state index is 5.70. The Balaban J connectivity index is 1.61. The molecule has 1 aromatic carbocycles. The van der Waals surface area contributed by atoms with Crippen LogP contribution in [0, 0.1) is 0 Å². The minimum absolute atomic E-state index is 0.0165. The van der Waals surface area contributed by atoms with Gasteiger partial charge in [0.2, 0.25) is 0 Å². The highest BCUT2D eigenvalue weighted by Crippen LogP contribution is 2.20. The molecule has 6 heteroatoms. The molecule has 2 heterocycles. The van der Waals surface area contributed by atoms with Gasteiger partial charge in [-0.25, -0.2) is 0 Å². The molecule has 0 saturated carbocycles. The van der Waals surface area contributed by atoms with E-state index in [2.05, 4.69) is 41.3 Å². The summed E-state index contributed by atoms with van der Waals surface area (Å²) in [6.45, 7) is 2.88. The van der Waals surface area contributed by atoms with E-state index in [-0.39, 0.29) is 18.2 Å². The van der Waals surface area contributed by atoms with Gasteiger partial charge in [-0.05, 0) is 24.2 Å². The molecule has 3 atom stereocenters. The SMILES string of the molecule is CO[C@H]1[C@H](N(C)Cc2ccc(Cn3cccn3)cc2)COC[C@H]1OC. The molecule has 1 fully saturated rings. The summed E-state index contributed by atoms with van der Waals surface area (Å²) in [5.74, 6) is 0. The topological polar surface area (TPSA) is 48.8 Å². The van der Waals surface area contributed by atoms with Crippen molar-refractivity contribution in [2.24, 2.45) is 0 Å². The van der Waals surface area contributed by atoms with Gasteiger partial charge in [0.1, 0.15) is 12.2 Å². The standard InChI is InChI=1S/C19H27N3O3/c1-21(17-13-25-14-18(23-2)19(17)24-3)11-15-5-7-16(8-6-15)12-22-10-4-9-20-22/h4-10,17-19H,11-14H2,1-3H3/t17-,18-,19+/m1/s1. The molecule has 0 aliphatic carbocycles. The molecule has 3 rings (SSSR count). The quantitative estimate of drug-likeness (QED) is 0.766. The van der Waals surface area contributed by atoms with Crippen molar-refractivity contribution >= 4 is 0 Å². The second-order valence-corrected chi connectivity index (χ2v) is 6.51. The molecule has 1 aromatic heterocycles. The normalized spacial score (nSPS) is 23.9. The molecule has 1 saturated heterocycles. The molecule has 0 amide bonds. The highest BCUT2D eigenvalue weighted by molar-refractivity contribution is 5.22. The van der Waals surface area contributed by atoms with Gasteiger partial charge in [0.25, 0.3) is 0 Å². The summed E-state index contributed by atoms with van der Waals surface area (Å²) in [5.41, 5.74) is 2.51. The zero-order valence-corrected chi connectivity index (χ0v) is 15.2. The van der Waals surface area contributed by atoms with Gasteiger partial charge in [-0.3, -0.25) is 9.58 Å². The lowest BCUT2D eigenvalue weighted by Gasteiger charge is -2.40. The predicted octanol–water partition coefficient (Wildman–Crippen LogP) is 1.79. The number of likely N-dealkylation sites (N-methyl/N-ethyl adjacent to an activating group) is 1. The molecule has 0 unspecified atom stereocenters. The van der Waals surface area contributed by atoms with Crippen LogP contribution in [-0.4, -0.2) is 67.4 Å². The van der Waals surface area contributed by atoms with Crippen LogP contribution in [0.3, 0.4) is 0 Å². The summed E-state index contributed by atoms with van der Waals surface area (Å²) in [6.07, 6.45) is 3.77. The van der Waals surface area contributed by atoms with Crippen molar-refractivity contribution in [2.45, 2.75) is 31.3 Å². The maximum Gasteiger partial charge on any atom is 0.108 e. The summed E-state index contributed by atoms with van der Waals surface area (Å²) in [5, 5.41) is 4.25. The lowest BCUT2D eigenvalue weighted by atomic mass is 10.0. The van der Waals surface area contributed by atoms with Crippen LogP contribution >= 0.6 is 0 Å². The van der Waals surface area contributed by atoms with E-state index in [1.165, 1.54) is 11.1 Å². The van der Waals surface area contributed by atoms with Crippen molar-refractivity contribution in [3.8, 4) is 0 Å². The summed E-state index contributed by atoms with van der Waals surface area (Å²) >= 11 is 0. The van der Waals surface area contributed by atoms with Crippen molar-refractivity contribution in [3.05, 3.63) is 53.9 Å². The van der Waals surface area contributed by atoms with Crippen LogP contribution in [0.5, 0.6) is 0 Å². The summed E-state index contributed by atoms with van der Waals surface area (Å²) in [7, 11) is 5.56. The van der Waals surface area contributed by atoms with Crippen LogP contribution in [0.1, 0.15) is 11.1 Å². The van der Waals surface area contributed by atoms with E-state index in [0.29, 0.717) is 13.2 Å². The van der Waals surface area contributed by atoms with Gasteiger partial charge in [0.15, 0.2) is 0 Å². The smallest absolute Gasteiger partial charge is 0.108 e. The fraction of sp³-hybridized carbons (Fsp3) is 0.526. The van der Waals surface area contributed by atoms with Crippen molar-refractivity contribution in [2.75, 3.05) is 34.5 Å². The summed E-state index contributed by atoms with van der Waals surface area (Å²) in [4.78, 5) is 2.28. The zero-order chi connectivity index (χ0) is 17.6. The molecule has 1 aliphatic heterocycles. The summed E-state index contributed by atoms with van der Waals surface area (Å²) in [6, 6.07) is 10.8. The first kappa shape index (κ1) is 18.1.